The molecule has 1 amide bonds. The third-order valence-corrected chi connectivity index (χ3v) is 3.33. The summed E-state index contributed by atoms with van der Waals surface area (Å²) in [5.74, 6) is -1.42. The number of amides is 1. The molecule has 1 N–H and O–H groups in total. The van der Waals surface area contributed by atoms with Crippen molar-refractivity contribution in [3.63, 3.8) is 0 Å². The monoisotopic (exact) mass is 242 g/mol. The number of nitrogens with one attached hydrogen (secondary N) is 1. The first kappa shape index (κ1) is 14.0. The van der Waals surface area contributed by atoms with E-state index in [1.54, 1.807) is 6.92 Å². The second-order valence-corrected chi connectivity index (χ2v) is 5.02. The van der Waals surface area contributed by atoms with Gasteiger partial charge in [0.2, 0.25) is 0 Å². The number of hydrogen-bond donors (Lipinski definition) is 1. The zero-order chi connectivity index (χ0) is 12.9. The van der Waals surface area contributed by atoms with Crippen molar-refractivity contribution < 1.29 is 14.3 Å². The Bertz CT molecular complexity index is 283. The summed E-state index contributed by atoms with van der Waals surface area (Å²) in [6.07, 6.45) is 2.07. The molecule has 0 radical (unpaired) electrons. The van der Waals surface area contributed by atoms with Gasteiger partial charge in [-0.25, -0.2) is 4.79 Å². The Balaban J connectivity index is 2.34. The maximum absolute atomic E-state index is 11.4. The number of piperidine rings is 1. The molecule has 0 atom stereocenters. The quantitative estimate of drug-likeness (QED) is 0.575. The highest BCUT2D eigenvalue weighted by Gasteiger charge is 2.30. The van der Waals surface area contributed by atoms with Crippen molar-refractivity contribution >= 4 is 11.9 Å². The predicted octanol–water partition coefficient (Wildman–Crippen LogP) is 0.398. The lowest BCUT2D eigenvalue weighted by atomic mass is 9.80. The zero-order valence-corrected chi connectivity index (χ0v) is 10.9. The van der Waals surface area contributed by atoms with Crippen LogP contribution < -0.4 is 5.32 Å². The lowest BCUT2D eigenvalue weighted by Crippen LogP contribution is -2.45. The number of carbonyl (C=O) groups excluding carboxylic acids is 2. The van der Waals surface area contributed by atoms with Gasteiger partial charge in [0.05, 0.1) is 6.61 Å². The van der Waals surface area contributed by atoms with E-state index < -0.39 is 11.9 Å². The highest BCUT2D eigenvalue weighted by molar-refractivity contribution is 6.32. The average Bonchev–Trinajstić information content (AvgIpc) is 2.31. The second kappa shape index (κ2) is 6.00. The number of esters is 1. The van der Waals surface area contributed by atoms with Gasteiger partial charge in [0.1, 0.15) is 0 Å². The molecule has 5 heteroatoms. The summed E-state index contributed by atoms with van der Waals surface area (Å²) in [7, 11) is 2.09. The minimum absolute atomic E-state index is 0.0919. The van der Waals surface area contributed by atoms with Crippen LogP contribution >= 0.6 is 0 Å². The molecular weight excluding hydrogens is 220 g/mol. The third-order valence-electron chi connectivity index (χ3n) is 3.33. The maximum atomic E-state index is 11.4. The van der Waals surface area contributed by atoms with Gasteiger partial charge in [-0.15, -0.1) is 0 Å². The standard InChI is InChI=1S/C12H22N2O3/c1-4-17-11(16)10(15)13-9-12(2)5-7-14(3)8-6-12/h4-9H2,1-3H3,(H,13,15). The summed E-state index contributed by atoms with van der Waals surface area (Å²) in [5.41, 5.74) is 0.0919. The van der Waals surface area contributed by atoms with E-state index in [1.807, 2.05) is 0 Å². The number of rotatable bonds is 3. The summed E-state index contributed by atoms with van der Waals surface area (Å²) in [5, 5.41) is 2.66. The van der Waals surface area contributed by atoms with Gasteiger partial charge in [-0.1, -0.05) is 6.92 Å². The minimum Gasteiger partial charge on any atom is -0.459 e. The van der Waals surface area contributed by atoms with Crippen LogP contribution in [0, 0.1) is 5.41 Å². The van der Waals surface area contributed by atoms with Crippen molar-refractivity contribution in [2.45, 2.75) is 26.7 Å². The van der Waals surface area contributed by atoms with Crippen LogP contribution in [0.3, 0.4) is 0 Å². The van der Waals surface area contributed by atoms with E-state index in [-0.39, 0.29) is 12.0 Å². The van der Waals surface area contributed by atoms with Crippen LogP contribution in [0.25, 0.3) is 0 Å². The Morgan fingerprint density at radius 2 is 1.94 bits per heavy atom. The van der Waals surface area contributed by atoms with Crippen molar-refractivity contribution in [2.24, 2.45) is 5.41 Å². The largest absolute Gasteiger partial charge is 0.459 e. The van der Waals surface area contributed by atoms with Gasteiger partial charge in [0.15, 0.2) is 0 Å². The van der Waals surface area contributed by atoms with Gasteiger partial charge >= 0.3 is 11.9 Å². The van der Waals surface area contributed by atoms with Crippen LogP contribution in [0.4, 0.5) is 0 Å². The molecule has 1 fully saturated rings. The molecule has 0 aromatic carbocycles. The van der Waals surface area contributed by atoms with Gasteiger partial charge in [0.25, 0.3) is 0 Å². The Kier molecular flexibility index (Phi) is 4.93. The first-order valence-electron chi connectivity index (χ1n) is 6.10. The number of nitrogens with zero attached hydrogens (tertiary/aromatic N) is 1. The molecule has 0 aromatic rings. The topological polar surface area (TPSA) is 58.6 Å². The van der Waals surface area contributed by atoms with Crippen LogP contribution in [-0.4, -0.2) is 50.1 Å². The third kappa shape index (κ3) is 4.34. The van der Waals surface area contributed by atoms with E-state index >= 15 is 0 Å². The number of carbonyl (C=O) groups is 2. The van der Waals surface area contributed by atoms with E-state index in [1.165, 1.54) is 0 Å². The first-order valence-corrected chi connectivity index (χ1v) is 6.10. The smallest absolute Gasteiger partial charge is 0.396 e. The highest BCUT2D eigenvalue weighted by atomic mass is 16.5. The van der Waals surface area contributed by atoms with Gasteiger partial charge in [0, 0.05) is 6.54 Å². The van der Waals surface area contributed by atoms with Crippen LogP contribution in [-0.2, 0) is 14.3 Å². The summed E-state index contributed by atoms with van der Waals surface area (Å²) >= 11 is 0. The van der Waals surface area contributed by atoms with Crippen molar-refractivity contribution in [1.29, 1.82) is 0 Å². The molecule has 98 valence electrons. The van der Waals surface area contributed by atoms with Crippen molar-refractivity contribution in [3.8, 4) is 0 Å². The summed E-state index contributed by atoms with van der Waals surface area (Å²) < 4.78 is 4.63. The molecule has 0 bridgehead atoms. The molecule has 1 rings (SSSR count). The minimum atomic E-state index is -0.788. The highest BCUT2D eigenvalue weighted by Crippen LogP contribution is 2.29. The van der Waals surface area contributed by atoms with E-state index in [0.717, 1.165) is 25.9 Å². The molecular formula is C12H22N2O3. The fourth-order valence-electron chi connectivity index (χ4n) is 1.90. The second-order valence-electron chi connectivity index (χ2n) is 5.02. The summed E-state index contributed by atoms with van der Waals surface area (Å²) in [6.45, 7) is 6.67. The van der Waals surface area contributed by atoms with Crippen molar-refractivity contribution in [1.82, 2.24) is 10.2 Å². The van der Waals surface area contributed by atoms with Crippen molar-refractivity contribution in [3.05, 3.63) is 0 Å². The summed E-state index contributed by atoms with van der Waals surface area (Å²) in [6, 6.07) is 0. The predicted molar refractivity (Wildman–Crippen MR) is 64.5 cm³/mol. The van der Waals surface area contributed by atoms with Crippen LogP contribution in [0.2, 0.25) is 0 Å². The Hall–Kier alpha value is -1.10. The fraction of sp³-hybridized carbons (Fsp3) is 0.833. The van der Waals surface area contributed by atoms with E-state index in [0.29, 0.717) is 6.54 Å². The molecule has 0 unspecified atom stereocenters. The number of ether oxygens (including phenoxy) is 1. The number of hydrogen-bond acceptors (Lipinski definition) is 4. The van der Waals surface area contributed by atoms with Gasteiger partial charge < -0.3 is 15.0 Å². The lowest BCUT2D eigenvalue weighted by Gasteiger charge is -2.37. The van der Waals surface area contributed by atoms with E-state index in [2.05, 4.69) is 28.9 Å². The normalized spacial score (nSPS) is 19.7. The molecule has 5 nitrogen and oxygen atoms in total. The fourth-order valence-corrected chi connectivity index (χ4v) is 1.90. The Morgan fingerprint density at radius 3 is 2.47 bits per heavy atom. The molecule has 0 aliphatic carbocycles. The summed E-state index contributed by atoms with van der Waals surface area (Å²) in [4.78, 5) is 24.8. The average molecular weight is 242 g/mol. The maximum Gasteiger partial charge on any atom is 0.396 e. The van der Waals surface area contributed by atoms with Crippen LogP contribution in [0.5, 0.6) is 0 Å². The van der Waals surface area contributed by atoms with E-state index in [4.69, 9.17) is 0 Å². The zero-order valence-electron chi connectivity index (χ0n) is 10.9. The molecule has 0 spiro atoms. The Morgan fingerprint density at radius 1 is 1.35 bits per heavy atom. The Labute approximate surface area is 102 Å². The molecule has 17 heavy (non-hydrogen) atoms. The van der Waals surface area contributed by atoms with Gasteiger partial charge in [-0.2, -0.15) is 0 Å². The molecule has 0 saturated carbocycles. The molecule has 1 aliphatic rings. The first-order chi connectivity index (χ1) is 7.97. The lowest BCUT2D eigenvalue weighted by molar-refractivity contribution is -0.154. The van der Waals surface area contributed by atoms with E-state index in [9.17, 15) is 9.59 Å². The molecule has 1 saturated heterocycles. The van der Waals surface area contributed by atoms with Gasteiger partial charge in [-0.3, -0.25) is 4.79 Å². The molecule has 1 heterocycles. The molecule has 1 aliphatic heterocycles. The van der Waals surface area contributed by atoms with Crippen LogP contribution in [0.1, 0.15) is 26.7 Å². The SMILES string of the molecule is CCOC(=O)C(=O)NCC1(C)CCN(C)CC1. The van der Waals surface area contributed by atoms with Crippen LogP contribution in [0.15, 0.2) is 0 Å². The van der Waals surface area contributed by atoms with Gasteiger partial charge in [-0.05, 0) is 45.3 Å². The van der Waals surface area contributed by atoms with Crippen molar-refractivity contribution in [2.75, 3.05) is 33.3 Å². The molecule has 0 aromatic heterocycles. The number of likely N-dealkylation sites (tertiary alicyclic amines) is 1.